The van der Waals surface area contributed by atoms with Gasteiger partial charge in [-0.1, -0.05) is 0 Å². The Bertz CT molecular complexity index is 295. The summed E-state index contributed by atoms with van der Waals surface area (Å²) < 4.78 is 36.5. The maximum atomic E-state index is 11.8. The average Bonchev–Trinajstić information content (AvgIpc) is 2.14. The van der Waals surface area contributed by atoms with Crippen LogP contribution in [0.25, 0.3) is 0 Å². The van der Waals surface area contributed by atoms with E-state index in [1.54, 1.807) is 0 Å². The summed E-state index contributed by atoms with van der Waals surface area (Å²) in [5, 5.41) is 2.94. The van der Waals surface area contributed by atoms with Gasteiger partial charge in [-0.15, -0.1) is 0 Å². The van der Waals surface area contributed by atoms with Gasteiger partial charge in [0, 0.05) is 22.2 Å². The van der Waals surface area contributed by atoms with Crippen molar-refractivity contribution in [2.75, 3.05) is 11.9 Å². The number of halogens is 4. The first-order valence-electron chi connectivity index (χ1n) is 4.53. The van der Waals surface area contributed by atoms with Gasteiger partial charge in [-0.2, -0.15) is 13.2 Å². The van der Waals surface area contributed by atoms with Crippen molar-refractivity contribution in [1.82, 2.24) is 0 Å². The van der Waals surface area contributed by atoms with E-state index in [2.05, 4.69) is 27.9 Å². The number of hydrogen-bond donors (Lipinski definition) is 1. The summed E-state index contributed by atoms with van der Waals surface area (Å²) >= 11 is 2.18. The first kappa shape index (κ1) is 12.6. The number of alkyl halides is 3. The third-order valence-corrected chi connectivity index (χ3v) is 2.53. The van der Waals surface area contributed by atoms with Crippen molar-refractivity contribution in [3.63, 3.8) is 0 Å². The van der Waals surface area contributed by atoms with E-state index in [9.17, 15) is 13.2 Å². The van der Waals surface area contributed by atoms with Crippen LogP contribution in [-0.2, 0) is 0 Å². The summed E-state index contributed by atoms with van der Waals surface area (Å²) in [5.74, 6) is 0. The van der Waals surface area contributed by atoms with E-state index >= 15 is 0 Å². The van der Waals surface area contributed by atoms with Crippen molar-refractivity contribution in [1.29, 1.82) is 0 Å². The van der Waals surface area contributed by atoms with E-state index in [-0.39, 0.29) is 6.42 Å². The summed E-state index contributed by atoms with van der Waals surface area (Å²) in [4.78, 5) is 0. The molecule has 1 rings (SSSR count). The highest BCUT2D eigenvalue weighted by Crippen LogP contribution is 2.21. The molecule has 0 aliphatic rings. The van der Waals surface area contributed by atoms with Crippen LogP contribution in [0.5, 0.6) is 0 Å². The largest absolute Gasteiger partial charge is 0.389 e. The summed E-state index contributed by atoms with van der Waals surface area (Å²) in [7, 11) is 0. The molecule has 15 heavy (non-hydrogen) atoms. The minimum absolute atomic E-state index is 0.107. The van der Waals surface area contributed by atoms with Crippen LogP contribution >= 0.6 is 22.6 Å². The Balaban J connectivity index is 2.23. The number of benzene rings is 1. The van der Waals surface area contributed by atoms with Crippen LogP contribution in [0.1, 0.15) is 12.8 Å². The van der Waals surface area contributed by atoms with Gasteiger partial charge in [0.15, 0.2) is 0 Å². The fourth-order valence-corrected chi connectivity index (χ4v) is 1.45. The Morgan fingerprint density at radius 2 is 1.73 bits per heavy atom. The second-order valence-corrected chi connectivity index (χ2v) is 4.40. The molecule has 0 unspecified atom stereocenters. The molecule has 0 spiro atoms. The van der Waals surface area contributed by atoms with Gasteiger partial charge < -0.3 is 5.32 Å². The average molecular weight is 329 g/mol. The second-order valence-electron chi connectivity index (χ2n) is 3.15. The molecule has 0 fully saturated rings. The van der Waals surface area contributed by atoms with Crippen molar-refractivity contribution in [2.24, 2.45) is 0 Å². The molecule has 0 aliphatic heterocycles. The molecule has 0 saturated carbocycles. The Morgan fingerprint density at radius 1 is 1.13 bits per heavy atom. The predicted octanol–water partition coefficient (Wildman–Crippen LogP) is 4.05. The van der Waals surface area contributed by atoms with Gasteiger partial charge in [-0.3, -0.25) is 0 Å². The maximum absolute atomic E-state index is 11.8. The van der Waals surface area contributed by atoms with E-state index in [1.165, 1.54) is 0 Å². The maximum Gasteiger partial charge on any atom is 0.389 e. The minimum Gasteiger partial charge on any atom is -0.385 e. The first-order chi connectivity index (χ1) is 6.97. The van der Waals surface area contributed by atoms with E-state index in [0.717, 1.165) is 9.26 Å². The standard InChI is InChI=1S/C10H11F3IN/c11-10(12,13)6-1-7-15-9-4-2-8(14)3-5-9/h2-5,15H,1,6-7H2. The van der Waals surface area contributed by atoms with Crippen LogP contribution in [0, 0.1) is 3.57 Å². The molecule has 0 radical (unpaired) electrons. The number of rotatable bonds is 4. The fraction of sp³-hybridized carbons (Fsp3) is 0.400. The smallest absolute Gasteiger partial charge is 0.385 e. The zero-order valence-electron chi connectivity index (χ0n) is 7.94. The molecule has 1 nitrogen and oxygen atoms in total. The highest BCUT2D eigenvalue weighted by atomic mass is 127. The van der Waals surface area contributed by atoms with E-state index in [4.69, 9.17) is 0 Å². The normalized spacial score (nSPS) is 11.5. The van der Waals surface area contributed by atoms with Crippen LogP contribution in [-0.4, -0.2) is 12.7 Å². The summed E-state index contributed by atoms with van der Waals surface area (Å²) in [6.07, 6.45) is -4.67. The summed E-state index contributed by atoms with van der Waals surface area (Å²) in [6, 6.07) is 7.53. The Kier molecular flexibility index (Phi) is 4.69. The van der Waals surface area contributed by atoms with Crippen LogP contribution < -0.4 is 5.32 Å². The van der Waals surface area contributed by atoms with Gasteiger partial charge in [0.25, 0.3) is 0 Å². The van der Waals surface area contributed by atoms with E-state index in [1.807, 2.05) is 24.3 Å². The summed E-state index contributed by atoms with van der Waals surface area (Å²) in [5.41, 5.74) is 0.859. The Labute approximate surface area is 100 Å². The van der Waals surface area contributed by atoms with Crippen molar-refractivity contribution >= 4 is 28.3 Å². The number of nitrogens with one attached hydrogen (secondary N) is 1. The lowest BCUT2D eigenvalue weighted by Gasteiger charge is -2.08. The molecule has 1 aromatic rings. The third-order valence-electron chi connectivity index (χ3n) is 1.81. The molecule has 0 amide bonds. The molecule has 1 aromatic carbocycles. The molecule has 0 aliphatic carbocycles. The van der Waals surface area contributed by atoms with Crippen LogP contribution in [0.2, 0.25) is 0 Å². The number of hydrogen-bond acceptors (Lipinski definition) is 1. The Hall–Kier alpha value is -0.460. The van der Waals surface area contributed by atoms with Gasteiger partial charge in [0.2, 0.25) is 0 Å². The Morgan fingerprint density at radius 3 is 2.27 bits per heavy atom. The molecule has 0 aromatic heterocycles. The van der Waals surface area contributed by atoms with Crippen molar-refractivity contribution in [2.45, 2.75) is 19.0 Å². The molecule has 5 heteroatoms. The summed E-state index contributed by atoms with van der Waals surface area (Å²) in [6.45, 7) is 0.347. The number of anilines is 1. The highest BCUT2D eigenvalue weighted by molar-refractivity contribution is 14.1. The van der Waals surface area contributed by atoms with Gasteiger partial charge in [-0.05, 0) is 53.3 Å². The monoisotopic (exact) mass is 329 g/mol. The predicted molar refractivity (Wildman–Crippen MR) is 62.9 cm³/mol. The molecule has 0 saturated heterocycles. The van der Waals surface area contributed by atoms with Crippen LogP contribution in [0.15, 0.2) is 24.3 Å². The van der Waals surface area contributed by atoms with E-state index in [0.29, 0.717) is 6.54 Å². The van der Waals surface area contributed by atoms with Gasteiger partial charge in [0.1, 0.15) is 0 Å². The zero-order valence-corrected chi connectivity index (χ0v) is 10.1. The van der Waals surface area contributed by atoms with Crippen molar-refractivity contribution in [3.8, 4) is 0 Å². The van der Waals surface area contributed by atoms with Gasteiger partial charge in [0.05, 0.1) is 0 Å². The first-order valence-corrected chi connectivity index (χ1v) is 5.61. The van der Waals surface area contributed by atoms with Crippen molar-refractivity contribution in [3.05, 3.63) is 27.8 Å². The lowest BCUT2D eigenvalue weighted by Crippen LogP contribution is -2.10. The second kappa shape index (κ2) is 5.58. The third kappa shape index (κ3) is 5.86. The minimum atomic E-state index is -4.05. The SMILES string of the molecule is FC(F)(F)CCCNc1ccc(I)cc1. The quantitative estimate of drug-likeness (QED) is 0.649. The molecular formula is C10H11F3IN. The van der Waals surface area contributed by atoms with Crippen LogP contribution in [0.3, 0.4) is 0 Å². The molecule has 1 N–H and O–H groups in total. The highest BCUT2D eigenvalue weighted by Gasteiger charge is 2.25. The van der Waals surface area contributed by atoms with Gasteiger partial charge in [-0.25, -0.2) is 0 Å². The molecule has 0 bridgehead atoms. The fourth-order valence-electron chi connectivity index (χ4n) is 1.09. The topological polar surface area (TPSA) is 12.0 Å². The lowest BCUT2D eigenvalue weighted by molar-refractivity contribution is -0.134. The van der Waals surface area contributed by atoms with Crippen molar-refractivity contribution < 1.29 is 13.2 Å². The molecule has 0 atom stereocenters. The van der Waals surface area contributed by atoms with Crippen LogP contribution in [0.4, 0.5) is 18.9 Å². The van der Waals surface area contributed by atoms with E-state index < -0.39 is 12.6 Å². The van der Waals surface area contributed by atoms with Gasteiger partial charge >= 0.3 is 6.18 Å². The molecule has 84 valence electrons. The molecular weight excluding hydrogens is 318 g/mol. The lowest BCUT2D eigenvalue weighted by atomic mass is 10.3. The zero-order chi connectivity index (χ0) is 11.3. The molecule has 0 heterocycles.